The molecule has 3 nitrogen and oxygen atoms in total. The molecule has 1 unspecified atom stereocenters. The average molecular weight is 258 g/mol. The maximum absolute atomic E-state index is 12.0. The van der Waals surface area contributed by atoms with Crippen LogP contribution in [0.3, 0.4) is 0 Å². The van der Waals surface area contributed by atoms with Crippen molar-refractivity contribution in [3.63, 3.8) is 0 Å². The molecule has 2 aromatic rings. The first-order valence-corrected chi connectivity index (χ1v) is 6.96. The van der Waals surface area contributed by atoms with Gasteiger partial charge in [0.1, 0.15) is 0 Å². The average Bonchev–Trinajstić information content (AvgIpc) is 2.39. The van der Waals surface area contributed by atoms with Crippen molar-refractivity contribution in [3.8, 4) is 0 Å². The fourth-order valence-electron chi connectivity index (χ4n) is 2.42. The van der Waals surface area contributed by atoms with Gasteiger partial charge in [-0.05, 0) is 29.9 Å². The van der Waals surface area contributed by atoms with E-state index in [-0.39, 0.29) is 5.56 Å². The summed E-state index contributed by atoms with van der Waals surface area (Å²) < 4.78 is 0. The van der Waals surface area contributed by atoms with E-state index in [0.717, 1.165) is 22.9 Å². The van der Waals surface area contributed by atoms with Gasteiger partial charge in [0.05, 0.1) is 0 Å². The van der Waals surface area contributed by atoms with Crippen molar-refractivity contribution >= 4 is 10.9 Å². The molecule has 0 spiro atoms. The fourth-order valence-corrected chi connectivity index (χ4v) is 2.42. The van der Waals surface area contributed by atoms with E-state index < -0.39 is 0 Å². The van der Waals surface area contributed by atoms with Crippen molar-refractivity contribution in [1.82, 2.24) is 10.3 Å². The quantitative estimate of drug-likeness (QED) is 0.865. The molecule has 0 aliphatic rings. The molecule has 0 bridgehead atoms. The zero-order valence-corrected chi connectivity index (χ0v) is 11.9. The molecular weight excluding hydrogens is 236 g/mol. The first kappa shape index (κ1) is 13.8. The van der Waals surface area contributed by atoms with Gasteiger partial charge in [-0.1, -0.05) is 39.0 Å². The van der Waals surface area contributed by atoms with Crippen molar-refractivity contribution in [1.29, 1.82) is 0 Å². The number of aromatic nitrogens is 1. The van der Waals surface area contributed by atoms with Crippen LogP contribution in [0.2, 0.25) is 0 Å². The number of nitrogens with one attached hydrogen (secondary N) is 2. The fraction of sp³-hybridized carbons (Fsp3) is 0.438. The number of H-pyrrole nitrogens is 1. The lowest BCUT2D eigenvalue weighted by Gasteiger charge is -2.20. The zero-order valence-electron chi connectivity index (χ0n) is 11.9. The minimum absolute atomic E-state index is 0.00445. The molecule has 1 aromatic heterocycles. The first-order valence-electron chi connectivity index (χ1n) is 6.96. The van der Waals surface area contributed by atoms with E-state index in [1.165, 1.54) is 0 Å². The van der Waals surface area contributed by atoms with Gasteiger partial charge in [-0.15, -0.1) is 0 Å². The van der Waals surface area contributed by atoms with Crippen LogP contribution >= 0.6 is 0 Å². The normalized spacial score (nSPS) is 13.1. The number of aromatic amines is 1. The van der Waals surface area contributed by atoms with Gasteiger partial charge in [-0.2, -0.15) is 0 Å². The molecule has 0 amide bonds. The number of pyridine rings is 1. The Morgan fingerprint density at radius 1 is 1.26 bits per heavy atom. The maximum Gasteiger partial charge on any atom is 0.252 e. The van der Waals surface area contributed by atoms with Gasteiger partial charge < -0.3 is 10.3 Å². The summed E-state index contributed by atoms with van der Waals surface area (Å²) in [7, 11) is 0. The van der Waals surface area contributed by atoms with Gasteiger partial charge in [0.15, 0.2) is 0 Å². The molecule has 2 N–H and O–H groups in total. The highest BCUT2D eigenvalue weighted by Gasteiger charge is 2.11. The summed E-state index contributed by atoms with van der Waals surface area (Å²) in [5.74, 6) is 0.574. The van der Waals surface area contributed by atoms with Crippen molar-refractivity contribution in [3.05, 3.63) is 46.2 Å². The van der Waals surface area contributed by atoms with E-state index in [0.29, 0.717) is 18.5 Å². The monoisotopic (exact) mass is 258 g/mol. The maximum atomic E-state index is 12.0. The molecule has 0 saturated carbocycles. The number of benzene rings is 1. The minimum atomic E-state index is 0.00445. The van der Waals surface area contributed by atoms with Crippen LogP contribution < -0.4 is 10.9 Å². The molecule has 19 heavy (non-hydrogen) atoms. The smallest absolute Gasteiger partial charge is 0.252 e. The molecular formula is C16H22N2O. The Labute approximate surface area is 114 Å². The second-order valence-electron chi connectivity index (χ2n) is 5.35. The predicted octanol–water partition coefficient (Wildman–Crippen LogP) is 3.05. The van der Waals surface area contributed by atoms with Gasteiger partial charge in [0, 0.05) is 23.7 Å². The van der Waals surface area contributed by atoms with Crippen LogP contribution in [0.4, 0.5) is 0 Å². The number of para-hydroxylation sites is 1. The van der Waals surface area contributed by atoms with E-state index in [9.17, 15) is 4.79 Å². The molecule has 0 saturated heterocycles. The van der Waals surface area contributed by atoms with Crippen molar-refractivity contribution in [2.45, 2.75) is 39.8 Å². The van der Waals surface area contributed by atoms with E-state index in [1.54, 1.807) is 0 Å². The third-order valence-corrected chi connectivity index (χ3v) is 3.63. The number of rotatable bonds is 5. The number of hydrogen-bond acceptors (Lipinski definition) is 2. The second kappa shape index (κ2) is 6.02. The van der Waals surface area contributed by atoms with Crippen molar-refractivity contribution in [2.24, 2.45) is 5.92 Å². The molecule has 2 rings (SSSR count). The SMILES string of the molecule is CCC(NCc1cc2ccccc2[nH]c1=O)C(C)C. The Morgan fingerprint density at radius 2 is 2.00 bits per heavy atom. The molecule has 1 atom stereocenters. The molecule has 3 heteroatoms. The Kier molecular flexibility index (Phi) is 4.38. The molecule has 0 aliphatic heterocycles. The third kappa shape index (κ3) is 3.24. The molecule has 1 aromatic carbocycles. The standard InChI is InChI=1S/C16H22N2O/c1-4-14(11(2)3)17-10-13-9-12-7-5-6-8-15(12)18-16(13)19/h5-9,11,14,17H,4,10H2,1-3H3,(H,18,19). The lowest BCUT2D eigenvalue weighted by atomic mass is 10.0. The number of fused-ring (bicyclic) bond motifs is 1. The Morgan fingerprint density at radius 3 is 2.68 bits per heavy atom. The molecule has 0 radical (unpaired) electrons. The van der Waals surface area contributed by atoms with Crippen LogP contribution in [0, 0.1) is 5.92 Å². The molecule has 0 fully saturated rings. The van der Waals surface area contributed by atoms with Gasteiger partial charge >= 0.3 is 0 Å². The van der Waals surface area contributed by atoms with E-state index in [1.807, 2.05) is 30.3 Å². The second-order valence-corrected chi connectivity index (χ2v) is 5.35. The lowest BCUT2D eigenvalue weighted by Crippen LogP contribution is -2.34. The van der Waals surface area contributed by atoms with Crippen LogP contribution in [-0.2, 0) is 6.54 Å². The highest BCUT2D eigenvalue weighted by atomic mass is 16.1. The highest BCUT2D eigenvalue weighted by Crippen LogP contribution is 2.11. The van der Waals surface area contributed by atoms with Gasteiger partial charge in [-0.3, -0.25) is 4.79 Å². The summed E-state index contributed by atoms with van der Waals surface area (Å²) in [6.07, 6.45) is 1.07. The summed E-state index contributed by atoms with van der Waals surface area (Å²) in [6, 6.07) is 10.3. The predicted molar refractivity (Wildman–Crippen MR) is 80.3 cm³/mol. The van der Waals surface area contributed by atoms with Crippen LogP contribution in [-0.4, -0.2) is 11.0 Å². The molecule has 102 valence electrons. The van der Waals surface area contributed by atoms with Crippen LogP contribution in [0.25, 0.3) is 10.9 Å². The van der Waals surface area contributed by atoms with Crippen molar-refractivity contribution < 1.29 is 0 Å². The van der Waals surface area contributed by atoms with Crippen LogP contribution in [0.15, 0.2) is 35.1 Å². The van der Waals surface area contributed by atoms with Crippen molar-refractivity contribution in [2.75, 3.05) is 0 Å². The van der Waals surface area contributed by atoms with Crippen LogP contribution in [0.5, 0.6) is 0 Å². The zero-order chi connectivity index (χ0) is 13.8. The molecule has 1 heterocycles. The summed E-state index contributed by atoms with van der Waals surface area (Å²) in [6.45, 7) is 7.19. The molecule has 0 aliphatic carbocycles. The highest BCUT2D eigenvalue weighted by molar-refractivity contribution is 5.78. The summed E-state index contributed by atoms with van der Waals surface area (Å²) in [4.78, 5) is 14.9. The summed E-state index contributed by atoms with van der Waals surface area (Å²) in [5.41, 5.74) is 1.70. The number of hydrogen-bond donors (Lipinski definition) is 2. The third-order valence-electron chi connectivity index (χ3n) is 3.63. The van der Waals surface area contributed by atoms with Gasteiger partial charge in [0.25, 0.3) is 5.56 Å². The summed E-state index contributed by atoms with van der Waals surface area (Å²) in [5, 5.41) is 4.55. The summed E-state index contributed by atoms with van der Waals surface area (Å²) >= 11 is 0. The largest absolute Gasteiger partial charge is 0.322 e. The Bertz CT molecular complexity index is 601. The first-order chi connectivity index (χ1) is 9.11. The van der Waals surface area contributed by atoms with Gasteiger partial charge in [0.2, 0.25) is 0 Å². The van der Waals surface area contributed by atoms with E-state index in [4.69, 9.17) is 0 Å². The minimum Gasteiger partial charge on any atom is -0.322 e. The Hall–Kier alpha value is -1.61. The Balaban J connectivity index is 2.21. The van der Waals surface area contributed by atoms with E-state index >= 15 is 0 Å². The van der Waals surface area contributed by atoms with Crippen LogP contribution in [0.1, 0.15) is 32.8 Å². The van der Waals surface area contributed by atoms with E-state index in [2.05, 4.69) is 31.1 Å². The van der Waals surface area contributed by atoms with Gasteiger partial charge in [-0.25, -0.2) is 0 Å². The lowest BCUT2D eigenvalue weighted by molar-refractivity contribution is 0.387. The topological polar surface area (TPSA) is 44.9 Å².